The molecule has 3 N–H and O–H groups in total. The van der Waals surface area contributed by atoms with E-state index < -0.39 is 0 Å². The molecule has 2 heterocycles. The number of nitrogens with zero attached hydrogens (tertiary/aromatic N) is 1. The van der Waals surface area contributed by atoms with Crippen molar-refractivity contribution in [2.75, 3.05) is 43.4 Å². The Hall–Kier alpha value is -2.28. The standard InChI is InChI=1S/C16H22N4O3/c21-15-11-23-14-10-12(4-5-13(14)19-15)18-16(22)17-6-9-20-7-2-1-3-8-20/h4-5,10H,1-3,6-9,11H2,(H,19,21)(H2,17,18,22). The Labute approximate surface area is 135 Å². The molecule has 3 rings (SSSR count). The van der Waals surface area contributed by atoms with Gasteiger partial charge in [0.2, 0.25) is 0 Å². The number of piperidine rings is 1. The number of amides is 3. The predicted molar refractivity (Wildman–Crippen MR) is 87.9 cm³/mol. The summed E-state index contributed by atoms with van der Waals surface area (Å²) in [7, 11) is 0. The summed E-state index contributed by atoms with van der Waals surface area (Å²) in [6, 6.07) is 4.93. The maximum absolute atomic E-state index is 11.9. The second-order valence-electron chi connectivity index (χ2n) is 5.83. The molecule has 23 heavy (non-hydrogen) atoms. The molecule has 124 valence electrons. The lowest BCUT2D eigenvalue weighted by molar-refractivity contribution is -0.118. The van der Waals surface area contributed by atoms with Crippen LogP contribution in [-0.2, 0) is 4.79 Å². The van der Waals surface area contributed by atoms with Gasteiger partial charge in [0.1, 0.15) is 5.75 Å². The fourth-order valence-electron chi connectivity index (χ4n) is 2.84. The smallest absolute Gasteiger partial charge is 0.319 e. The Balaban J connectivity index is 1.45. The molecule has 0 atom stereocenters. The van der Waals surface area contributed by atoms with E-state index in [-0.39, 0.29) is 18.5 Å². The van der Waals surface area contributed by atoms with Crippen LogP contribution >= 0.6 is 0 Å². The molecule has 1 aromatic carbocycles. The Kier molecular flexibility index (Phi) is 4.97. The van der Waals surface area contributed by atoms with Gasteiger partial charge >= 0.3 is 6.03 Å². The second kappa shape index (κ2) is 7.32. The number of rotatable bonds is 4. The molecule has 2 aliphatic rings. The summed E-state index contributed by atoms with van der Waals surface area (Å²) in [5.41, 5.74) is 1.26. The molecule has 0 aromatic heterocycles. The number of fused-ring (bicyclic) bond motifs is 1. The van der Waals surface area contributed by atoms with Crippen LogP contribution in [-0.4, -0.2) is 49.6 Å². The number of anilines is 2. The van der Waals surface area contributed by atoms with E-state index in [0.717, 1.165) is 19.6 Å². The molecule has 3 amide bonds. The van der Waals surface area contributed by atoms with Crippen molar-refractivity contribution in [3.8, 4) is 5.75 Å². The lowest BCUT2D eigenvalue weighted by atomic mass is 10.1. The zero-order chi connectivity index (χ0) is 16.1. The first-order valence-electron chi connectivity index (χ1n) is 8.04. The van der Waals surface area contributed by atoms with E-state index in [2.05, 4.69) is 20.9 Å². The van der Waals surface area contributed by atoms with Crippen LogP contribution in [0, 0.1) is 0 Å². The average Bonchev–Trinajstić information content (AvgIpc) is 2.56. The molecule has 1 fully saturated rings. The van der Waals surface area contributed by atoms with Crippen LogP contribution in [0.25, 0.3) is 0 Å². The maximum Gasteiger partial charge on any atom is 0.319 e. The van der Waals surface area contributed by atoms with E-state index in [9.17, 15) is 9.59 Å². The number of nitrogens with one attached hydrogen (secondary N) is 3. The van der Waals surface area contributed by atoms with Crippen molar-refractivity contribution in [3.05, 3.63) is 18.2 Å². The maximum atomic E-state index is 11.9. The largest absolute Gasteiger partial charge is 0.482 e. The van der Waals surface area contributed by atoms with Crippen LogP contribution in [0.2, 0.25) is 0 Å². The number of hydrogen-bond acceptors (Lipinski definition) is 4. The van der Waals surface area contributed by atoms with Gasteiger partial charge in [-0.2, -0.15) is 0 Å². The first-order chi connectivity index (χ1) is 11.2. The Morgan fingerprint density at radius 2 is 2.09 bits per heavy atom. The van der Waals surface area contributed by atoms with Gasteiger partial charge in [-0.05, 0) is 38.1 Å². The SMILES string of the molecule is O=C1COc2cc(NC(=O)NCCN3CCCCC3)ccc2N1. The summed E-state index contributed by atoms with van der Waals surface area (Å²) in [5, 5.41) is 8.36. The summed E-state index contributed by atoms with van der Waals surface area (Å²) in [6.07, 6.45) is 3.81. The van der Waals surface area contributed by atoms with Crippen molar-refractivity contribution in [2.24, 2.45) is 0 Å². The van der Waals surface area contributed by atoms with E-state index >= 15 is 0 Å². The van der Waals surface area contributed by atoms with Gasteiger partial charge in [0.15, 0.2) is 6.61 Å². The molecule has 1 aromatic rings. The zero-order valence-electron chi connectivity index (χ0n) is 13.1. The van der Waals surface area contributed by atoms with E-state index in [1.54, 1.807) is 18.2 Å². The summed E-state index contributed by atoms with van der Waals surface area (Å²) < 4.78 is 5.33. The van der Waals surface area contributed by atoms with Crippen LogP contribution in [0.15, 0.2) is 18.2 Å². The van der Waals surface area contributed by atoms with Crippen LogP contribution in [0.5, 0.6) is 5.75 Å². The van der Waals surface area contributed by atoms with Gasteiger partial charge in [-0.3, -0.25) is 4.79 Å². The number of carbonyl (C=O) groups is 2. The van der Waals surface area contributed by atoms with Crippen molar-refractivity contribution < 1.29 is 14.3 Å². The number of urea groups is 1. The molecule has 7 nitrogen and oxygen atoms in total. The topological polar surface area (TPSA) is 82.7 Å². The van der Waals surface area contributed by atoms with Crippen LogP contribution in [0.4, 0.5) is 16.2 Å². The molecule has 7 heteroatoms. The van der Waals surface area contributed by atoms with E-state index in [0.29, 0.717) is 23.7 Å². The highest BCUT2D eigenvalue weighted by molar-refractivity contribution is 5.96. The van der Waals surface area contributed by atoms with Gasteiger partial charge in [-0.25, -0.2) is 4.79 Å². The van der Waals surface area contributed by atoms with Crippen molar-refractivity contribution in [3.63, 3.8) is 0 Å². The molecule has 0 saturated carbocycles. The molecule has 0 unspecified atom stereocenters. The molecule has 0 spiro atoms. The number of hydrogen-bond donors (Lipinski definition) is 3. The summed E-state index contributed by atoms with van der Waals surface area (Å²) in [5.74, 6) is 0.393. The van der Waals surface area contributed by atoms with Gasteiger partial charge < -0.3 is 25.6 Å². The third-order valence-corrected chi connectivity index (χ3v) is 4.03. The summed E-state index contributed by atoms with van der Waals surface area (Å²) >= 11 is 0. The number of likely N-dealkylation sites (tertiary alicyclic amines) is 1. The van der Waals surface area contributed by atoms with Gasteiger partial charge in [-0.15, -0.1) is 0 Å². The number of benzene rings is 1. The normalized spacial score (nSPS) is 17.7. The third kappa shape index (κ3) is 4.35. The van der Waals surface area contributed by atoms with Crippen molar-refractivity contribution in [1.82, 2.24) is 10.2 Å². The van der Waals surface area contributed by atoms with Crippen molar-refractivity contribution >= 4 is 23.3 Å². The molecule has 1 saturated heterocycles. The minimum absolute atomic E-state index is 0.00150. The highest BCUT2D eigenvalue weighted by atomic mass is 16.5. The fourth-order valence-corrected chi connectivity index (χ4v) is 2.84. The Bertz CT molecular complexity index is 585. The highest BCUT2D eigenvalue weighted by Gasteiger charge is 2.16. The lowest BCUT2D eigenvalue weighted by Gasteiger charge is -2.26. The second-order valence-corrected chi connectivity index (χ2v) is 5.83. The fraction of sp³-hybridized carbons (Fsp3) is 0.500. The number of carbonyl (C=O) groups excluding carboxylic acids is 2. The molecule has 0 radical (unpaired) electrons. The summed E-state index contributed by atoms with van der Waals surface area (Å²) in [6.45, 7) is 3.75. The van der Waals surface area contributed by atoms with Gasteiger partial charge in [0, 0.05) is 24.8 Å². The minimum Gasteiger partial charge on any atom is -0.482 e. The highest BCUT2D eigenvalue weighted by Crippen LogP contribution is 2.30. The van der Waals surface area contributed by atoms with Crippen molar-refractivity contribution in [2.45, 2.75) is 19.3 Å². The first kappa shape index (κ1) is 15.6. The van der Waals surface area contributed by atoms with Crippen LogP contribution in [0.3, 0.4) is 0 Å². The zero-order valence-corrected chi connectivity index (χ0v) is 13.1. The van der Waals surface area contributed by atoms with Crippen LogP contribution < -0.4 is 20.7 Å². The first-order valence-corrected chi connectivity index (χ1v) is 8.04. The summed E-state index contributed by atoms with van der Waals surface area (Å²) in [4.78, 5) is 25.5. The van der Waals surface area contributed by atoms with E-state index in [1.165, 1.54) is 19.3 Å². The molecule has 0 bridgehead atoms. The number of ether oxygens (including phenoxy) is 1. The lowest BCUT2D eigenvalue weighted by Crippen LogP contribution is -2.39. The predicted octanol–water partition coefficient (Wildman–Crippen LogP) is 1.62. The molecular formula is C16H22N4O3. The van der Waals surface area contributed by atoms with Gasteiger partial charge in [-0.1, -0.05) is 6.42 Å². The molecule has 2 aliphatic heterocycles. The van der Waals surface area contributed by atoms with Crippen LogP contribution in [0.1, 0.15) is 19.3 Å². The monoisotopic (exact) mass is 318 g/mol. The van der Waals surface area contributed by atoms with E-state index in [1.807, 2.05) is 0 Å². The third-order valence-electron chi connectivity index (χ3n) is 4.03. The molecular weight excluding hydrogens is 296 g/mol. The average molecular weight is 318 g/mol. The van der Waals surface area contributed by atoms with Gasteiger partial charge in [0.25, 0.3) is 5.91 Å². The van der Waals surface area contributed by atoms with E-state index in [4.69, 9.17) is 4.74 Å². The minimum atomic E-state index is -0.234. The Morgan fingerprint density at radius 3 is 2.91 bits per heavy atom. The Morgan fingerprint density at radius 1 is 1.26 bits per heavy atom. The van der Waals surface area contributed by atoms with Gasteiger partial charge in [0.05, 0.1) is 5.69 Å². The van der Waals surface area contributed by atoms with Crippen molar-refractivity contribution in [1.29, 1.82) is 0 Å². The quantitative estimate of drug-likeness (QED) is 0.788. The molecule has 0 aliphatic carbocycles.